The maximum Gasteiger partial charge on any atom is 0.227 e. The predicted molar refractivity (Wildman–Crippen MR) is 99.8 cm³/mol. The lowest BCUT2D eigenvalue weighted by atomic mass is 9.96. The third kappa shape index (κ3) is 4.14. The van der Waals surface area contributed by atoms with Gasteiger partial charge in [-0.1, -0.05) is 13.8 Å². The molecule has 142 valence electrons. The van der Waals surface area contributed by atoms with Gasteiger partial charge in [0.2, 0.25) is 11.8 Å². The van der Waals surface area contributed by atoms with Crippen molar-refractivity contribution in [3.63, 3.8) is 0 Å². The number of piperazine rings is 1. The van der Waals surface area contributed by atoms with E-state index in [1.165, 1.54) is 0 Å². The second-order valence-electron chi connectivity index (χ2n) is 7.07. The Balaban J connectivity index is 1.55. The first kappa shape index (κ1) is 18.6. The smallest absolute Gasteiger partial charge is 0.227 e. The second-order valence-corrected chi connectivity index (χ2v) is 7.07. The van der Waals surface area contributed by atoms with Gasteiger partial charge in [-0.15, -0.1) is 0 Å². The summed E-state index contributed by atoms with van der Waals surface area (Å²) in [7, 11) is 0. The van der Waals surface area contributed by atoms with Gasteiger partial charge in [0.25, 0.3) is 0 Å². The van der Waals surface area contributed by atoms with E-state index < -0.39 is 0 Å². The zero-order valence-corrected chi connectivity index (χ0v) is 15.9. The van der Waals surface area contributed by atoms with Crippen molar-refractivity contribution in [1.29, 1.82) is 0 Å². The third-order valence-electron chi connectivity index (χ3n) is 5.41. The van der Waals surface area contributed by atoms with Crippen LogP contribution in [0.4, 0.5) is 5.82 Å². The molecule has 1 aromatic rings. The number of carbonyl (C=O) groups is 2. The van der Waals surface area contributed by atoms with Crippen molar-refractivity contribution in [2.75, 3.05) is 44.2 Å². The van der Waals surface area contributed by atoms with Gasteiger partial charge in [0.15, 0.2) is 0 Å². The van der Waals surface area contributed by atoms with Crippen molar-refractivity contribution in [1.82, 2.24) is 19.8 Å². The number of hydrogen-bond donors (Lipinski definition) is 0. The molecular formula is C19H29N5O2. The number of piperidine rings is 1. The van der Waals surface area contributed by atoms with Gasteiger partial charge < -0.3 is 14.7 Å². The maximum absolute atomic E-state index is 12.9. The normalized spacial score (nSPS) is 21.0. The molecule has 0 spiro atoms. The lowest BCUT2D eigenvalue weighted by Crippen LogP contribution is -2.53. The largest absolute Gasteiger partial charge is 0.353 e. The van der Waals surface area contributed by atoms with Crippen LogP contribution in [0.1, 0.15) is 38.8 Å². The molecule has 2 saturated heterocycles. The standard InChI is InChI=1S/C19H29N5O2/c1-3-16-12-17(21-14-20-16)22-8-10-23(11-9-22)19(26)15-6-5-7-24(13-15)18(25)4-2/h12,14-15H,3-11,13H2,1-2H3. The van der Waals surface area contributed by atoms with Gasteiger partial charge in [-0.05, 0) is 19.3 Å². The molecule has 1 aromatic heterocycles. The fraction of sp³-hybridized carbons (Fsp3) is 0.684. The van der Waals surface area contributed by atoms with Crippen LogP contribution < -0.4 is 4.90 Å². The molecule has 0 saturated carbocycles. The number of aryl methyl sites for hydroxylation is 1. The van der Waals surface area contributed by atoms with Crippen LogP contribution in [-0.4, -0.2) is 70.9 Å². The van der Waals surface area contributed by atoms with Crippen LogP contribution in [0.2, 0.25) is 0 Å². The van der Waals surface area contributed by atoms with E-state index in [4.69, 9.17) is 0 Å². The molecule has 7 heteroatoms. The van der Waals surface area contributed by atoms with Crippen LogP contribution in [0, 0.1) is 5.92 Å². The summed E-state index contributed by atoms with van der Waals surface area (Å²) in [6.07, 6.45) is 4.83. The SMILES string of the molecule is CCC(=O)N1CCCC(C(=O)N2CCN(c3cc(CC)ncn3)CC2)C1. The van der Waals surface area contributed by atoms with E-state index in [-0.39, 0.29) is 17.7 Å². The Hall–Kier alpha value is -2.18. The molecule has 0 aromatic carbocycles. The molecule has 0 aliphatic carbocycles. The Labute approximate surface area is 155 Å². The molecule has 2 aliphatic heterocycles. The van der Waals surface area contributed by atoms with E-state index in [9.17, 15) is 9.59 Å². The van der Waals surface area contributed by atoms with Crippen molar-refractivity contribution >= 4 is 17.6 Å². The van der Waals surface area contributed by atoms with E-state index in [0.29, 0.717) is 26.1 Å². The average Bonchev–Trinajstić information content (AvgIpc) is 2.72. The first-order valence-electron chi connectivity index (χ1n) is 9.74. The summed E-state index contributed by atoms with van der Waals surface area (Å²) in [6.45, 7) is 8.33. The number of likely N-dealkylation sites (tertiary alicyclic amines) is 1. The van der Waals surface area contributed by atoms with Gasteiger partial charge in [-0.25, -0.2) is 9.97 Å². The zero-order chi connectivity index (χ0) is 18.5. The van der Waals surface area contributed by atoms with Gasteiger partial charge in [0, 0.05) is 57.4 Å². The van der Waals surface area contributed by atoms with Crippen molar-refractivity contribution in [2.24, 2.45) is 5.92 Å². The highest BCUT2D eigenvalue weighted by molar-refractivity contribution is 5.81. The first-order chi connectivity index (χ1) is 12.6. The number of anilines is 1. The van der Waals surface area contributed by atoms with Crippen LogP contribution >= 0.6 is 0 Å². The fourth-order valence-corrected chi connectivity index (χ4v) is 3.80. The monoisotopic (exact) mass is 359 g/mol. The zero-order valence-electron chi connectivity index (χ0n) is 15.9. The average molecular weight is 359 g/mol. The summed E-state index contributed by atoms with van der Waals surface area (Å²) in [6, 6.07) is 2.03. The van der Waals surface area contributed by atoms with Crippen LogP contribution in [0.5, 0.6) is 0 Å². The molecule has 26 heavy (non-hydrogen) atoms. The summed E-state index contributed by atoms with van der Waals surface area (Å²) in [4.78, 5) is 39.5. The molecule has 7 nitrogen and oxygen atoms in total. The molecule has 2 aliphatic rings. The van der Waals surface area contributed by atoms with Crippen molar-refractivity contribution < 1.29 is 9.59 Å². The van der Waals surface area contributed by atoms with Gasteiger partial charge in [0.1, 0.15) is 12.1 Å². The summed E-state index contributed by atoms with van der Waals surface area (Å²) >= 11 is 0. The van der Waals surface area contributed by atoms with E-state index in [1.54, 1.807) is 6.33 Å². The molecule has 2 fully saturated rings. The van der Waals surface area contributed by atoms with Gasteiger partial charge in [-0.3, -0.25) is 9.59 Å². The lowest BCUT2D eigenvalue weighted by molar-refractivity contribution is -0.141. The van der Waals surface area contributed by atoms with E-state index in [0.717, 1.165) is 50.4 Å². The molecule has 3 heterocycles. The summed E-state index contributed by atoms with van der Waals surface area (Å²) in [5.41, 5.74) is 1.04. The number of hydrogen-bond acceptors (Lipinski definition) is 5. The van der Waals surface area contributed by atoms with E-state index in [2.05, 4.69) is 21.8 Å². The van der Waals surface area contributed by atoms with Crippen molar-refractivity contribution in [3.8, 4) is 0 Å². The number of amides is 2. The van der Waals surface area contributed by atoms with E-state index >= 15 is 0 Å². The Morgan fingerprint density at radius 3 is 2.54 bits per heavy atom. The van der Waals surface area contributed by atoms with Gasteiger partial charge in [-0.2, -0.15) is 0 Å². The lowest BCUT2D eigenvalue weighted by Gasteiger charge is -2.39. The molecular weight excluding hydrogens is 330 g/mol. The number of nitrogens with zero attached hydrogens (tertiary/aromatic N) is 5. The molecule has 1 atom stereocenters. The quantitative estimate of drug-likeness (QED) is 0.811. The minimum atomic E-state index is -0.0449. The molecule has 0 bridgehead atoms. The fourth-order valence-electron chi connectivity index (χ4n) is 3.80. The van der Waals surface area contributed by atoms with Crippen LogP contribution in [0.3, 0.4) is 0 Å². The summed E-state index contributed by atoms with van der Waals surface area (Å²) in [5, 5.41) is 0. The predicted octanol–water partition coefficient (Wildman–Crippen LogP) is 1.34. The Morgan fingerprint density at radius 1 is 1.08 bits per heavy atom. The Morgan fingerprint density at radius 2 is 1.85 bits per heavy atom. The number of carbonyl (C=O) groups excluding carboxylic acids is 2. The maximum atomic E-state index is 12.9. The van der Waals surface area contributed by atoms with Crippen molar-refractivity contribution in [2.45, 2.75) is 39.5 Å². The molecule has 2 amide bonds. The molecule has 3 rings (SSSR count). The minimum absolute atomic E-state index is 0.0449. The summed E-state index contributed by atoms with van der Waals surface area (Å²) in [5.74, 6) is 1.26. The third-order valence-corrected chi connectivity index (χ3v) is 5.41. The van der Waals surface area contributed by atoms with Gasteiger partial charge in [0.05, 0.1) is 5.92 Å². The van der Waals surface area contributed by atoms with Crippen LogP contribution in [0.25, 0.3) is 0 Å². The topological polar surface area (TPSA) is 69.6 Å². The Kier molecular flexibility index (Phi) is 6.06. The Bertz CT molecular complexity index is 643. The highest BCUT2D eigenvalue weighted by Gasteiger charge is 2.32. The molecule has 1 unspecified atom stereocenters. The number of aromatic nitrogens is 2. The van der Waals surface area contributed by atoms with Crippen LogP contribution in [-0.2, 0) is 16.0 Å². The second kappa shape index (κ2) is 8.47. The minimum Gasteiger partial charge on any atom is -0.353 e. The van der Waals surface area contributed by atoms with Crippen LogP contribution in [0.15, 0.2) is 12.4 Å². The number of rotatable bonds is 4. The highest BCUT2D eigenvalue weighted by atomic mass is 16.2. The van der Waals surface area contributed by atoms with Crippen molar-refractivity contribution in [3.05, 3.63) is 18.1 Å². The summed E-state index contributed by atoms with van der Waals surface area (Å²) < 4.78 is 0. The highest BCUT2D eigenvalue weighted by Crippen LogP contribution is 2.21. The molecule has 0 N–H and O–H groups in total. The van der Waals surface area contributed by atoms with Gasteiger partial charge >= 0.3 is 0 Å². The van der Waals surface area contributed by atoms with E-state index in [1.807, 2.05) is 22.8 Å². The molecule has 0 radical (unpaired) electrons. The first-order valence-corrected chi connectivity index (χ1v) is 9.74.